The van der Waals surface area contributed by atoms with Gasteiger partial charge >= 0.3 is 0 Å². The number of ketones is 1. The van der Waals surface area contributed by atoms with Crippen molar-refractivity contribution in [1.29, 1.82) is 0 Å². The predicted octanol–water partition coefficient (Wildman–Crippen LogP) is 3.04. The van der Waals surface area contributed by atoms with Crippen LogP contribution in [-0.4, -0.2) is 19.4 Å². The molecule has 0 N–H and O–H groups in total. The molecular weight excluding hydrogens is 284 g/mol. The number of carbonyl (C=O) groups excluding carboxylic acids is 1. The summed E-state index contributed by atoms with van der Waals surface area (Å²) in [5, 5.41) is 0. The highest BCUT2D eigenvalue weighted by molar-refractivity contribution is 6.07. The molecule has 0 saturated heterocycles. The van der Waals surface area contributed by atoms with Gasteiger partial charge in [-0.3, -0.25) is 4.79 Å². The van der Waals surface area contributed by atoms with Gasteiger partial charge in [-0.2, -0.15) is 0 Å². The Morgan fingerprint density at radius 1 is 0.818 bits per heavy atom. The Morgan fingerprint density at radius 3 is 2.23 bits per heavy atom. The molecular formula is C17H12O5. The average Bonchev–Trinajstić information content (AvgIpc) is 3.19. The van der Waals surface area contributed by atoms with Gasteiger partial charge in [0.05, 0.1) is 0 Å². The number of fused-ring (bicyclic) bond motifs is 2. The van der Waals surface area contributed by atoms with Crippen LogP contribution in [0.1, 0.15) is 15.9 Å². The topological polar surface area (TPSA) is 54.0 Å². The summed E-state index contributed by atoms with van der Waals surface area (Å²) >= 11 is 0. The fourth-order valence-corrected chi connectivity index (χ4v) is 2.33. The summed E-state index contributed by atoms with van der Waals surface area (Å²) in [6, 6.07) is 10.7. The van der Waals surface area contributed by atoms with Crippen LogP contribution in [0.3, 0.4) is 0 Å². The third-order valence-electron chi connectivity index (χ3n) is 3.48. The Kier molecular flexibility index (Phi) is 2.96. The number of carbonyl (C=O) groups is 1. The normalized spacial score (nSPS) is 14.5. The van der Waals surface area contributed by atoms with Crippen LogP contribution in [0.2, 0.25) is 0 Å². The minimum absolute atomic E-state index is 0.101. The molecule has 0 radical (unpaired) electrons. The molecule has 2 aromatic rings. The van der Waals surface area contributed by atoms with E-state index in [-0.39, 0.29) is 19.4 Å². The largest absolute Gasteiger partial charge is 0.454 e. The van der Waals surface area contributed by atoms with E-state index in [1.807, 2.05) is 18.2 Å². The minimum atomic E-state index is -0.101. The van der Waals surface area contributed by atoms with Crippen molar-refractivity contribution in [2.45, 2.75) is 0 Å². The number of allylic oxidation sites excluding steroid dienone is 1. The molecule has 0 saturated carbocycles. The van der Waals surface area contributed by atoms with E-state index in [9.17, 15) is 4.79 Å². The van der Waals surface area contributed by atoms with Crippen LogP contribution < -0.4 is 18.9 Å². The van der Waals surface area contributed by atoms with Gasteiger partial charge in [-0.05, 0) is 42.0 Å². The monoisotopic (exact) mass is 296 g/mol. The molecule has 22 heavy (non-hydrogen) atoms. The molecule has 0 atom stereocenters. The Hall–Kier alpha value is -2.95. The lowest BCUT2D eigenvalue weighted by Crippen LogP contribution is -1.94. The second-order valence-corrected chi connectivity index (χ2v) is 4.88. The second kappa shape index (κ2) is 5.11. The highest BCUT2D eigenvalue weighted by atomic mass is 16.7. The van der Waals surface area contributed by atoms with Gasteiger partial charge in [-0.25, -0.2) is 0 Å². The van der Waals surface area contributed by atoms with Crippen LogP contribution >= 0.6 is 0 Å². The zero-order valence-corrected chi connectivity index (χ0v) is 11.6. The fraction of sp³-hybridized carbons (Fsp3) is 0.118. The van der Waals surface area contributed by atoms with Crippen LogP contribution in [0.25, 0.3) is 6.08 Å². The first kappa shape index (κ1) is 12.8. The van der Waals surface area contributed by atoms with Crippen molar-refractivity contribution < 1.29 is 23.7 Å². The van der Waals surface area contributed by atoms with E-state index in [0.717, 1.165) is 11.3 Å². The van der Waals surface area contributed by atoms with Crippen molar-refractivity contribution in [3.8, 4) is 23.0 Å². The minimum Gasteiger partial charge on any atom is -0.454 e. The summed E-state index contributed by atoms with van der Waals surface area (Å²) in [7, 11) is 0. The van der Waals surface area contributed by atoms with Gasteiger partial charge in [0.2, 0.25) is 13.6 Å². The van der Waals surface area contributed by atoms with Crippen molar-refractivity contribution in [2.75, 3.05) is 13.6 Å². The molecule has 2 heterocycles. The van der Waals surface area contributed by atoms with Gasteiger partial charge in [-0.1, -0.05) is 12.1 Å². The summed E-state index contributed by atoms with van der Waals surface area (Å²) < 4.78 is 21.1. The smallest absolute Gasteiger partial charge is 0.231 e. The number of ether oxygens (including phenoxy) is 4. The maximum absolute atomic E-state index is 12.2. The molecule has 2 aliphatic heterocycles. The lowest BCUT2D eigenvalue weighted by atomic mass is 10.1. The molecule has 0 fully saturated rings. The average molecular weight is 296 g/mol. The Labute approximate surface area is 126 Å². The number of rotatable bonds is 3. The summed E-state index contributed by atoms with van der Waals surface area (Å²) in [5.41, 5.74) is 1.43. The highest BCUT2D eigenvalue weighted by Crippen LogP contribution is 2.34. The first-order valence-electron chi connectivity index (χ1n) is 6.81. The van der Waals surface area contributed by atoms with Crippen LogP contribution in [-0.2, 0) is 0 Å². The molecule has 2 aromatic carbocycles. The summed E-state index contributed by atoms with van der Waals surface area (Å²) in [4.78, 5) is 12.2. The molecule has 0 aromatic heterocycles. The van der Waals surface area contributed by atoms with Crippen molar-refractivity contribution in [2.24, 2.45) is 0 Å². The van der Waals surface area contributed by atoms with Crippen LogP contribution in [0.5, 0.6) is 23.0 Å². The summed E-state index contributed by atoms with van der Waals surface area (Å²) in [6.07, 6.45) is 3.27. The quantitative estimate of drug-likeness (QED) is 0.643. The van der Waals surface area contributed by atoms with Crippen LogP contribution in [0.15, 0.2) is 42.5 Å². The first-order valence-corrected chi connectivity index (χ1v) is 6.81. The van der Waals surface area contributed by atoms with Gasteiger partial charge in [-0.15, -0.1) is 0 Å². The maximum Gasteiger partial charge on any atom is 0.231 e. The van der Waals surface area contributed by atoms with Gasteiger partial charge in [0.25, 0.3) is 0 Å². The van der Waals surface area contributed by atoms with Gasteiger partial charge in [0.1, 0.15) is 0 Å². The van der Waals surface area contributed by atoms with Gasteiger partial charge in [0, 0.05) is 5.56 Å². The third kappa shape index (κ3) is 2.26. The summed E-state index contributed by atoms with van der Waals surface area (Å²) in [6.45, 7) is 0.429. The maximum atomic E-state index is 12.2. The fourth-order valence-electron chi connectivity index (χ4n) is 2.33. The van der Waals surface area contributed by atoms with E-state index in [1.165, 1.54) is 6.08 Å². The van der Waals surface area contributed by atoms with E-state index in [4.69, 9.17) is 18.9 Å². The molecule has 0 amide bonds. The Balaban J connectivity index is 1.54. The van der Waals surface area contributed by atoms with Crippen molar-refractivity contribution in [3.63, 3.8) is 0 Å². The van der Waals surface area contributed by atoms with Crippen molar-refractivity contribution in [3.05, 3.63) is 53.6 Å². The first-order chi connectivity index (χ1) is 10.8. The second-order valence-electron chi connectivity index (χ2n) is 4.88. The van der Waals surface area contributed by atoms with Crippen molar-refractivity contribution >= 4 is 11.9 Å². The molecule has 5 nitrogen and oxygen atoms in total. The van der Waals surface area contributed by atoms with Crippen LogP contribution in [0.4, 0.5) is 0 Å². The molecule has 4 rings (SSSR count). The van der Waals surface area contributed by atoms with Gasteiger partial charge in [0.15, 0.2) is 28.8 Å². The zero-order valence-electron chi connectivity index (χ0n) is 11.6. The number of hydrogen-bond donors (Lipinski definition) is 0. The standard InChI is InChI=1S/C17H12O5/c18-13(12-3-6-15-17(8-12)22-10-20-15)4-1-11-2-5-14-16(7-11)21-9-19-14/h1-8H,9-10H2/b4-1+. The SMILES string of the molecule is O=C(/C=C/c1ccc2c(c1)OCO2)c1ccc2c(c1)OCO2. The van der Waals surface area contributed by atoms with E-state index in [1.54, 1.807) is 24.3 Å². The number of benzene rings is 2. The highest BCUT2D eigenvalue weighted by Gasteiger charge is 2.15. The van der Waals surface area contributed by atoms with E-state index in [0.29, 0.717) is 22.8 Å². The summed E-state index contributed by atoms with van der Waals surface area (Å²) in [5.74, 6) is 2.58. The zero-order chi connectivity index (χ0) is 14.9. The molecule has 0 unspecified atom stereocenters. The van der Waals surface area contributed by atoms with E-state index < -0.39 is 0 Å². The lowest BCUT2D eigenvalue weighted by molar-refractivity contribution is 0.104. The number of hydrogen-bond acceptors (Lipinski definition) is 5. The van der Waals surface area contributed by atoms with E-state index in [2.05, 4.69) is 0 Å². The molecule has 110 valence electrons. The molecule has 0 aliphatic carbocycles. The Morgan fingerprint density at radius 2 is 1.45 bits per heavy atom. The predicted molar refractivity (Wildman–Crippen MR) is 78.5 cm³/mol. The molecule has 0 spiro atoms. The van der Waals surface area contributed by atoms with Crippen molar-refractivity contribution in [1.82, 2.24) is 0 Å². The van der Waals surface area contributed by atoms with Gasteiger partial charge < -0.3 is 18.9 Å². The molecule has 0 bridgehead atoms. The molecule has 5 heteroatoms. The third-order valence-corrected chi connectivity index (χ3v) is 3.48. The van der Waals surface area contributed by atoms with E-state index >= 15 is 0 Å². The Bertz CT molecular complexity index is 779. The molecule has 2 aliphatic rings. The van der Waals surface area contributed by atoms with Crippen LogP contribution in [0, 0.1) is 0 Å². The lowest BCUT2D eigenvalue weighted by Gasteiger charge is -2.00.